The zero-order valence-corrected chi connectivity index (χ0v) is 11.1. The first kappa shape index (κ1) is 13.2. The molecule has 0 unspecified atom stereocenters. The molecule has 2 aromatic carbocycles. The Bertz CT molecular complexity index is 555. The molecular weight excluding hydrogens is 243 g/mol. The summed E-state index contributed by atoms with van der Waals surface area (Å²) >= 11 is 0. The molecule has 0 aliphatic rings. The lowest BCUT2D eigenvalue weighted by molar-refractivity contribution is 0.342. The summed E-state index contributed by atoms with van der Waals surface area (Å²) in [7, 11) is 1.88. The van der Waals surface area contributed by atoms with Crippen LogP contribution in [0.1, 0.15) is 6.92 Å². The predicted octanol–water partition coefficient (Wildman–Crippen LogP) is 3.57. The van der Waals surface area contributed by atoms with Gasteiger partial charge in [-0.15, -0.1) is 0 Å². The first-order valence-electron chi connectivity index (χ1n) is 6.14. The lowest BCUT2D eigenvalue weighted by atomic mass is 10.2. The number of anilines is 3. The van der Waals surface area contributed by atoms with Crippen LogP contribution in [0.4, 0.5) is 21.5 Å². The van der Waals surface area contributed by atoms with E-state index in [1.165, 1.54) is 12.1 Å². The number of nitrogens with two attached hydrogens (primary N) is 1. The summed E-state index contributed by atoms with van der Waals surface area (Å²) in [5.74, 6) is 0.405. The smallest absolute Gasteiger partial charge is 0.144 e. The number of nitrogen functional groups attached to an aromatic ring is 1. The first-order chi connectivity index (χ1) is 9.13. The predicted molar refractivity (Wildman–Crippen MR) is 76.5 cm³/mol. The summed E-state index contributed by atoms with van der Waals surface area (Å²) in [6.07, 6.45) is 0. The molecule has 0 amide bonds. The van der Waals surface area contributed by atoms with Crippen LogP contribution < -0.4 is 15.4 Å². The van der Waals surface area contributed by atoms with Gasteiger partial charge in [-0.1, -0.05) is 6.07 Å². The lowest BCUT2D eigenvalue weighted by Gasteiger charge is -2.22. The molecule has 0 aliphatic carbocycles. The van der Waals surface area contributed by atoms with Crippen LogP contribution >= 0.6 is 0 Å². The number of para-hydroxylation sites is 1. The highest BCUT2D eigenvalue weighted by Gasteiger charge is 2.11. The quantitative estimate of drug-likeness (QED) is 0.854. The number of ether oxygens (including phenoxy) is 1. The van der Waals surface area contributed by atoms with Crippen LogP contribution in [0.25, 0.3) is 0 Å². The molecule has 0 bridgehead atoms. The van der Waals surface area contributed by atoms with E-state index in [0.717, 1.165) is 11.4 Å². The maximum Gasteiger partial charge on any atom is 0.144 e. The van der Waals surface area contributed by atoms with Gasteiger partial charge < -0.3 is 15.4 Å². The third kappa shape index (κ3) is 2.78. The second kappa shape index (κ2) is 5.61. The Morgan fingerprint density at radius 3 is 2.47 bits per heavy atom. The summed E-state index contributed by atoms with van der Waals surface area (Å²) in [6, 6.07) is 11.9. The minimum atomic E-state index is -0.256. The first-order valence-corrected chi connectivity index (χ1v) is 6.14. The standard InChI is InChI=1S/C15H17FN2O/c1-3-19-14-6-4-5-13(15(14)17)18(2)12-9-7-11(16)8-10-12/h4-10H,3,17H2,1-2H3. The van der Waals surface area contributed by atoms with Crippen molar-refractivity contribution >= 4 is 17.1 Å². The van der Waals surface area contributed by atoms with Gasteiger partial charge in [0.1, 0.15) is 11.6 Å². The molecule has 0 saturated carbocycles. The van der Waals surface area contributed by atoms with E-state index in [-0.39, 0.29) is 5.82 Å². The van der Waals surface area contributed by atoms with Crippen molar-refractivity contribution in [3.8, 4) is 5.75 Å². The Morgan fingerprint density at radius 1 is 1.16 bits per heavy atom. The Kier molecular flexibility index (Phi) is 3.90. The summed E-state index contributed by atoms with van der Waals surface area (Å²) in [5, 5.41) is 0. The highest BCUT2D eigenvalue weighted by atomic mass is 19.1. The van der Waals surface area contributed by atoms with E-state index < -0.39 is 0 Å². The van der Waals surface area contributed by atoms with E-state index in [4.69, 9.17) is 10.5 Å². The average Bonchev–Trinajstić information content (AvgIpc) is 2.41. The van der Waals surface area contributed by atoms with Gasteiger partial charge in [0, 0.05) is 12.7 Å². The summed E-state index contributed by atoms with van der Waals surface area (Å²) in [6.45, 7) is 2.48. The molecule has 2 N–H and O–H groups in total. The van der Waals surface area contributed by atoms with Crippen LogP contribution in [0.3, 0.4) is 0 Å². The number of rotatable bonds is 4. The molecule has 4 heteroatoms. The minimum absolute atomic E-state index is 0.256. The normalized spacial score (nSPS) is 10.3. The Balaban J connectivity index is 2.35. The third-order valence-corrected chi connectivity index (χ3v) is 2.92. The highest BCUT2D eigenvalue weighted by Crippen LogP contribution is 2.35. The van der Waals surface area contributed by atoms with Crippen molar-refractivity contribution in [1.82, 2.24) is 0 Å². The van der Waals surface area contributed by atoms with Crippen molar-refractivity contribution in [1.29, 1.82) is 0 Å². The molecule has 0 aromatic heterocycles. The fourth-order valence-corrected chi connectivity index (χ4v) is 1.91. The topological polar surface area (TPSA) is 38.5 Å². The summed E-state index contributed by atoms with van der Waals surface area (Å²) < 4.78 is 18.4. The molecule has 0 heterocycles. The minimum Gasteiger partial charge on any atom is -0.492 e. The van der Waals surface area contributed by atoms with E-state index in [2.05, 4.69) is 0 Å². The van der Waals surface area contributed by atoms with Crippen molar-refractivity contribution < 1.29 is 9.13 Å². The van der Waals surface area contributed by atoms with Gasteiger partial charge in [0.2, 0.25) is 0 Å². The van der Waals surface area contributed by atoms with Crippen molar-refractivity contribution in [3.05, 3.63) is 48.3 Å². The monoisotopic (exact) mass is 260 g/mol. The number of benzene rings is 2. The largest absolute Gasteiger partial charge is 0.492 e. The summed E-state index contributed by atoms with van der Waals surface area (Å²) in [4.78, 5) is 1.90. The van der Waals surface area contributed by atoms with Crippen molar-refractivity contribution in [2.24, 2.45) is 0 Å². The highest BCUT2D eigenvalue weighted by molar-refractivity contribution is 5.78. The van der Waals surface area contributed by atoms with Gasteiger partial charge in [-0.05, 0) is 43.3 Å². The number of nitrogens with zero attached hydrogens (tertiary/aromatic N) is 1. The molecule has 2 aromatic rings. The number of hydrogen-bond donors (Lipinski definition) is 1. The van der Waals surface area contributed by atoms with Crippen LogP contribution in [0.2, 0.25) is 0 Å². The van der Waals surface area contributed by atoms with E-state index in [1.54, 1.807) is 12.1 Å². The molecule has 3 nitrogen and oxygen atoms in total. The van der Waals surface area contributed by atoms with E-state index in [9.17, 15) is 4.39 Å². The Hall–Kier alpha value is -2.23. The average molecular weight is 260 g/mol. The molecule has 0 fully saturated rings. The Labute approximate surface area is 112 Å². The maximum atomic E-state index is 12.9. The van der Waals surface area contributed by atoms with Crippen LogP contribution in [0.15, 0.2) is 42.5 Å². The van der Waals surface area contributed by atoms with Crippen molar-refractivity contribution in [3.63, 3.8) is 0 Å². The van der Waals surface area contributed by atoms with E-state index in [1.807, 2.05) is 37.1 Å². The molecule has 100 valence electrons. The van der Waals surface area contributed by atoms with Crippen LogP contribution in [-0.2, 0) is 0 Å². The van der Waals surface area contributed by atoms with Gasteiger partial charge in [0.05, 0.1) is 18.0 Å². The van der Waals surface area contributed by atoms with Gasteiger partial charge in [-0.3, -0.25) is 0 Å². The van der Waals surface area contributed by atoms with Gasteiger partial charge in [-0.2, -0.15) is 0 Å². The van der Waals surface area contributed by atoms with Crippen LogP contribution in [-0.4, -0.2) is 13.7 Å². The molecule has 2 rings (SSSR count). The Morgan fingerprint density at radius 2 is 1.84 bits per heavy atom. The number of hydrogen-bond acceptors (Lipinski definition) is 3. The number of halogens is 1. The SMILES string of the molecule is CCOc1cccc(N(C)c2ccc(F)cc2)c1N. The fourth-order valence-electron chi connectivity index (χ4n) is 1.91. The summed E-state index contributed by atoms with van der Waals surface area (Å²) in [5.41, 5.74) is 8.37. The second-order valence-corrected chi connectivity index (χ2v) is 4.16. The third-order valence-electron chi connectivity index (χ3n) is 2.92. The van der Waals surface area contributed by atoms with Crippen molar-refractivity contribution in [2.75, 3.05) is 24.3 Å². The maximum absolute atomic E-state index is 12.9. The lowest BCUT2D eigenvalue weighted by Crippen LogP contribution is -2.12. The fraction of sp³-hybridized carbons (Fsp3) is 0.200. The molecule has 0 aliphatic heterocycles. The van der Waals surface area contributed by atoms with E-state index in [0.29, 0.717) is 18.0 Å². The molecule has 19 heavy (non-hydrogen) atoms. The van der Waals surface area contributed by atoms with Gasteiger partial charge in [0.25, 0.3) is 0 Å². The second-order valence-electron chi connectivity index (χ2n) is 4.16. The molecule has 0 radical (unpaired) electrons. The zero-order valence-electron chi connectivity index (χ0n) is 11.1. The van der Waals surface area contributed by atoms with Gasteiger partial charge in [-0.25, -0.2) is 4.39 Å². The van der Waals surface area contributed by atoms with Gasteiger partial charge >= 0.3 is 0 Å². The van der Waals surface area contributed by atoms with Crippen LogP contribution in [0.5, 0.6) is 5.75 Å². The van der Waals surface area contributed by atoms with Crippen LogP contribution in [0, 0.1) is 5.82 Å². The molecule has 0 saturated heterocycles. The zero-order chi connectivity index (χ0) is 13.8. The molecular formula is C15H17FN2O. The molecule has 0 spiro atoms. The molecule has 0 atom stereocenters. The van der Waals surface area contributed by atoms with Gasteiger partial charge in [0.15, 0.2) is 0 Å². The van der Waals surface area contributed by atoms with E-state index >= 15 is 0 Å². The van der Waals surface area contributed by atoms with Crippen molar-refractivity contribution in [2.45, 2.75) is 6.92 Å².